The molecule has 1 aromatic carbocycles. The van der Waals surface area contributed by atoms with Crippen molar-refractivity contribution in [3.63, 3.8) is 0 Å². The first-order valence-corrected chi connectivity index (χ1v) is 5.39. The van der Waals surface area contributed by atoms with Crippen molar-refractivity contribution in [2.45, 2.75) is 0 Å². The van der Waals surface area contributed by atoms with Gasteiger partial charge in [0.25, 0.3) is 0 Å². The van der Waals surface area contributed by atoms with Gasteiger partial charge in [0.15, 0.2) is 5.69 Å². The third kappa shape index (κ3) is 2.84. The maximum Gasteiger partial charge on any atom is 0.158 e. The maximum absolute atomic E-state index is 8.58. The maximum atomic E-state index is 8.58. The first-order valence-electron chi connectivity index (χ1n) is 4.63. The molecule has 0 spiro atoms. The minimum atomic E-state index is 0.262. The van der Waals surface area contributed by atoms with E-state index in [1.54, 1.807) is 18.2 Å². The van der Waals surface area contributed by atoms with Crippen LogP contribution in [0.4, 0.5) is 11.5 Å². The number of aromatic nitrogens is 2. The number of nitrogens with zero attached hydrogens (tertiary/aromatic N) is 3. The highest BCUT2D eigenvalue weighted by Gasteiger charge is 2.03. The number of hydrogen-bond donors (Lipinski definition) is 1. The first kappa shape index (κ1) is 11.6. The highest BCUT2D eigenvalue weighted by Crippen LogP contribution is 2.27. The molecule has 0 amide bonds. The molecule has 2 aromatic rings. The van der Waals surface area contributed by atoms with Gasteiger partial charge in [0, 0.05) is 5.02 Å². The molecule has 1 N–H and O–H groups in total. The molecule has 1 aromatic heterocycles. The van der Waals surface area contributed by atoms with Crippen LogP contribution < -0.4 is 5.32 Å². The van der Waals surface area contributed by atoms with Crippen LogP contribution in [0.1, 0.15) is 5.69 Å². The number of rotatable bonds is 2. The van der Waals surface area contributed by atoms with Gasteiger partial charge in [-0.05, 0) is 18.2 Å². The summed E-state index contributed by atoms with van der Waals surface area (Å²) in [5.41, 5.74) is 0.938. The fraction of sp³-hybridized carbons (Fsp3) is 0. The van der Waals surface area contributed by atoms with E-state index in [9.17, 15) is 0 Å². The minimum absolute atomic E-state index is 0.262. The Bertz CT molecular complexity index is 575. The van der Waals surface area contributed by atoms with Gasteiger partial charge in [0.1, 0.15) is 11.9 Å². The van der Waals surface area contributed by atoms with E-state index in [0.717, 1.165) is 0 Å². The van der Waals surface area contributed by atoms with E-state index in [-0.39, 0.29) is 5.69 Å². The molecule has 1 heterocycles. The van der Waals surface area contributed by atoms with Crippen molar-refractivity contribution in [1.29, 1.82) is 5.26 Å². The molecule has 0 aliphatic carbocycles. The summed E-state index contributed by atoms with van der Waals surface area (Å²) in [6, 6.07) is 6.98. The SMILES string of the molecule is N#Cc1cnc(Nc2ccc(Cl)cc2Cl)cn1. The molecule has 0 aliphatic heterocycles. The molecule has 0 radical (unpaired) electrons. The Balaban J connectivity index is 2.23. The molecule has 0 unspecified atom stereocenters. The lowest BCUT2D eigenvalue weighted by atomic mass is 10.3. The zero-order valence-electron chi connectivity index (χ0n) is 8.48. The Morgan fingerprint density at radius 1 is 1.18 bits per heavy atom. The lowest BCUT2D eigenvalue weighted by Crippen LogP contribution is -1.96. The monoisotopic (exact) mass is 264 g/mol. The molecular formula is C11H6Cl2N4. The van der Waals surface area contributed by atoms with Gasteiger partial charge in [-0.15, -0.1) is 0 Å². The molecule has 17 heavy (non-hydrogen) atoms. The topological polar surface area (TPSA) is 61.6 Å². The van der Waals surface area contributed by atoms with Crippen LogP contribution in [0, 0.1) is 11.3 Å². The minimum Gasteiger partial charge on any atom is -0.338 e. The summed E-state index contributed by atoms with van der Waals surface area (Å²) in [7, 11) is 0. The van der Waals surface area contributed by atoms with Crippen LogP contribution in [0.3, 0.4) is 0 Å². The van der Waals surface area contributed by atoms with E-state index in [1.165, 1.54) is 12.4 Å². The molecule has 0 saturated heterocycles. The van der Waals surface area contributed by atoms with Gasteiger partial charge in [-0.1, -0.05) is 23.2 Å². The highest BCUT2D eigenvalue weighted by molar-refractivity contribution is 6.36. The zero-order chi connectivity index (χ0) is 12.3. The molecule has 6 heteroatoms. The number of nitriles is 1. The third-order valence-electron chi connectivity index (χ3n) is 1.96. The van der Waals surface area contributed by atoms with Crippen LogP contribution in [0.2, 0.25) is 10.0 Å². The molecule has 2 rings (SSSR count). The smallest absolute Gasteiger partial charge is 0.158 e. The van der Waals surface area contributed by atoms with Crippen LogP contribution in [0.5, 0.6) is 0 Å². The van der Waals surface area contributed by atoms with Gasteiger partial charge in [0.05, 0.1) is 23.1 Å². The highest BCUT2D eigenvalue weighted by atomic mass is 35.5. The van der Waals surface area contributed by atoms with E-state index >= 15 is 0 Å². The van der Waals surface area contributed by atoms with Crippen molar-refractivity contribution in [2.75, 3.05) is 5.32 Å². The van der Waals surface area contributed by atoms with E-state index in [0.29, 0.717) is 21.6 Å². The summed E-state index contributed by atoms with van der Waals surface area (Å²) < 4.78 is 0. The second-order valence-electron chi connectivity index (χ2n) is 3.15. The van der Waals surface area contributed by atoms with Crippen molar-refractivity contribution in [3.05, 3.63) is 46.3 Å². The second-order valence-corrected chi connectivity index (χ2v) is 3.99. The summed E-state index contributed by atoms with van der Waals surface area (Å²) in [5.74, 6) is 0.508. The van der Waals surface area contributed by atoms with E-state index in [2.05, 4.69) is 15.3 Å². The predicted octanol–water partition coefficient (Wildman–Crippen LogP) is 3.40. The largest absolute Gasteiger partial charge is 0.338 e. The molecular weight excluding hydrogens is 259 g/mol. The van der Waals surface area contributed by atoms with Crippen LogP contribution in [0.15, 0.2) is 30.6 Å². The van der Waals surface area contributed by atoms with Gasteiger partial charge in [-0.25, -0.2) is 9.97 Å². The summed E-state index contributed by atoms with van der Waals surface area (Å²) >= 11 is 11.8. The van der Waals surface area contributed by atoms with Crippen LogP contribution in [-0.2, 0) is 0 Å². The summed E-state index contributed by atoms with van der Waals surface area (Å²) in [6.45, 7) is 0. The Morgan fingerprint density at radius 3 is 2.59 bits per heavy atom. The molecule has 0 fully saturated rings. The predicted molar refractivity (Wildman–Crippen MR) is 66.5 cm³/mol. The van der Waals surface area contributed by atoms with Crippen LogP contribution >= 0.6 is 23.2 Å². The fourth-order valence-corrected chi connectivity index (χ4v) is 1.63. The van der Waals surface area contributed by atoms with Gasteiger partial charge in [-0.2, -0.15) is 5.26 Å². The lowest BCUT2D eigenvalue weighted by molar-refractivity contribution is 1.16. The number of anilines is 2. The number of nitrogens with one attached hydrogen (secondary N) is 1. The Morgan fingerprint density at radius 2 is 2.00 bits per heavy atom. The lowest BCUT2D eigenvalue weighted by Gasteiger charge is -2.07. The van der Waals surface area contributed by atoms with E-state index in [4.69, 9.17) is 28.5 Å². The summed E-state index contributed by atoms with van der Waals surface area (Å²) in [4.78, 5) is 7.91. The van der Waals surface area contributed by atoms with Gasteiger partial charge in [-0.3, -0.25) is 0 Å². The second kappa shape index (κ2) is 5.00. The molecule has 4 nitrogen and oxygen atoms in total. The fourth-order valence-electron chi connectivity index (χ4n) is 1.18. The van der Waals surface area contributed by atoms with E-state index < -0.39 is 0 Å². The van der Waals surface area contributed by atoms with Gasteiger partial charge >= 0.3 is 0 Å². The van der Waals surface area contributed by atoms with Crippen molar-refractivity contribution >= 4 is 34.7 Å². The van der Waals surface area contributed by atoms with Crippen molar-refractivity contribution in [1.82, 2.24) is 9.97 Å². The third-order valence-corrected chi connectivity index (χ3v) is 2.51. The molecule has 0 bridgehead atoms. The first-order chi connectivity index (χ1) is 8.19. The van der Waals surface area contributed by atoms with Crippen molar-refractivity contribution < 1.29 is 0 Å². The zero-order valence-corrected chi connectivity index (χ0v) is 10.00. The normalized spacial score (nSPS) is 9.71. The number of benzene rings is 1. The standard InChI is InChI=1S/C11H6Cl2N4/c12-7-1-2-10(9(13)3-7)17-11-6-15-8(4-14)5-16-11/h1-3,5-6H,(H,16,17). The van der Waals surface area contributed by atoms with Crippen LogP contribution in [0.25, 0.3) is 0 Å². The van der Waals surface area contributed by atoms with E-state index in [1.807, 2.05) is 6.07 Å². The Kier molecular flexibility index (Phi) is 3.43. The van der Waals surface area contributed by atoms with Crippen LogP contribution in [-0.4, -0.2) is 9.97 Å². The van der Waals surface area contributed by atoms with Crippen molar-refractivity contribution in [2.24, 2.45) is 0 Å². The average molecular weight is 265 g/mol. The Hall–Kier alpha value is -1.83. The molecule has 0 aliphatic rings. The number of halogens is 2. The van der Waals surface area contributed by atoms with Gasteiger partial charge < -0.3 is 5.32 Å². The summed E-state index contributed by atoms with van der Waals surface area (Å²) in [5, 5.41) is 12.6. The molecule has 0 saturated carbocycles. The quantitative estimate of drug-likeness (QED) is 0.903. The average Bonchev–Trinajstić information content (AvgIpc) is 2.34. The summed E-state index contributed by atoms with van der Waals surface area (Å²) in [6.07, 6.45) is 2.84. The van der Waals surface area contributed by atoms with Gasteiger partial charge in [0.2, 0.25) is 0 Å². The van der Waals surface area contributed by atoms with Crippen molar-refractivity contribution in [3.8, 4) is 6.07 Å². The molecule has 0 atom stereocenters. The number of hydrogen-bond acceptors (Lipinski definition) is 4. The Labute approximate surface area is 108 Å². The molecule has 84 valence electrons.